The summed E-state index contributed by atoms with van der Waals surface area (Å²) >= 11 is 0. The summed E-state index contributed by atoms with van der Waals surface area (Å²) < 4.78 is 30.0. The summed E-state index contributed by atoms with van der Waals surface area (Å²) in [6.45, 7) is 0.556. The molecular formula is C13H22N2O4S2. The van der Waals surface area contributed by atoms with Crippen LogP contribution >= 0.6 is 10.8 Å². The van der Waals surface area contributed by atoms with E-state index >= 15 is 0 Å². The molecule has 0 heterocycles. The average molecular weight is 334 g/mol. The lowest BCUT2D eigenvalue weighted by Gasteiger charge is -2.60. The van der Waals surface area contributed by atoms with Crippen molar-refractivity contribution in [2.75, 3.05) is 12.3 Å². The van der Waals surface area contributed by atoms with Crippen LogP contribution in [0.3, 0.4) is 0 Å². The van der Waals surface area contributed by atoms with Crippen LogP contribution in [0.4, 0.5) is 0 Å². The molecule has 0 aromatic rings. The monoisotopic (exact) mass is 334 g/mol. The zero-order valence-corrected chi connectivity index (χ0v) is 13.5. The maximum absolute atomic E-state index is 10.7. The highest BCUT2D eigenvalue weighted by Gasteiger charge is 2.56. The van der Waals surface area contributed by atoms with Gasteiger partial charge in [0.15, 0.2) is 0 Å². The molecule has 0 aliphatic heterocycles. The van der Waals surface area contributed by atoms with Crippen molar-refractivity contribution in [2.24, 2.45) is 28.0 Å². The molecular weight excluding hydrogens is 312 g/mol. The maximum atomic E-state index is 10.7. The van der Waals surface area contributed by atoms with E-state index in [1.807, 2.05) is 0 Å². The number of rotatable bonds is 5. The van der Waals surface area contributed by atoms with Gasteiger partial charge in [-0.1, -0.05) is 0 Å². The van der Waals surface area contributed by atoms with Gasteiger partial charge in [-0.2, -0.15) is 8.42 Å². The second-order valence-corrected chi connectivity index (χ2v) is 10.5. The molecule has 0 aromatic carbocycles. The van der Waals surface area contributed by atoms with E-state index in [-0.39, 0.29) is 17.0 Å². The maximum Gasteiger partial charge on any atom is 0.320 e. The minimum atomic E-state index is -4.08. The first-order valence-corrected chi connectivity index (χ1v) is 10.2. The van der Waals surface area contributed by atoms with E-state index in [1.54, 1.807) is 0 Å². The molecule has 0 spiro atoms. The van der Waals surface area contributed by atoms with Crippen LogP contribution < -0.4 is 5.73 Å². The number of aliphatic hydroxyl groups is 1. The number of amidine groups is 1. The summed E-state index contributed by atoms with van der Waals surface area (Å²) in [5.74, 6) is 1.41. The van der Waals surface area contributed by atoms with Crippen LogP contribution in [0.2, 0.25) is 0 Å². The topological polar surface area (TPSA) is 113 Å². The van der Waals surface area contributed by atoms with Gasteiger partial charge in [0.2, 0.25) is 0 Å². The molecule has 6 nitrogen and oxygen atoms in total. The van der Waals surface area contributed by atoms with Crippen LogP contribution in [0.5, 0.6) is 0 Å². The Morgan fingerprint density at radius 3 is 2.43 bits per heavy atom. The first-order chi connectivity index (χ1) is 9.67. The quantitative estimate of drug-likeness (QED) is 0.301. The third-order valence-corrected chi connectivity index (χ3v) is 7.08. The van der Waals surface area contributed by atoms with Crippen molar-refractivity contribution in [3.63, 3.8) is 0 Å². The summed E-state index contributed by atoms with van der Waals surface area (Å²) in [5, 5.41) is 10.6. The zero-order valence-electron chi connectivity index (χ0n) is 11.9. The highest BCUT2D eigenvalue weighted by atomic mass is 33.1. The molecule has 4 rings (SSSR count). The number of nitrogens with two attached hydrogens (primary N) is 1. The van der Waals surface area contributed by atoms with E-state index in [0.29, 0.717) is 29.2 Å². The van der Waals surface area contributed by atoms with Crippen molar-refractivity contribution in [1.29, 1.82) is 0 Å². The van der Waals surface area contributed by atoms with Crippen LogP contribution in [0.25, 0.3) is 0 Å². The molecule has 0 saturated heterocycles. The molecule has 4 aliphatic rings. The predicted molar refractivity (Wildman–Crippen MR) is 82.6 cm³/mol. The van der Waals surface area contributed by atoms with Gasteiger partial charge in [-0.15, -0.1) is 0 Å². The Kier molecular flexibility index (Phi) is 3.79. The Morgan fingerprint density at radius 1 is 1.29 bits per heavy atom. The predicted octanol–water partition coefficient (Wildman–Crippen LogP) is 1.21. The average Bonchev–Trinajstić information content (AvgIpc) is 2.30. The Morgan fingerprint density at radius 2 is 1.90 bits per heavy atom. The number of nitrogens with zero attached hydrogens (tertiary/aromatic N) is 1. The lowest BCUT2D eigenvalue weighted by Crippen LogP contribution is -2.56. The summed E-state index contributed by atoms with van der Waals surface area (Å²) in [7, 11) is -3.70. The van der Waals surface area contributed by atoms with Gasteiger partial charge in [-0.25, -0.2) is 0 Å². The number of aliphatic imine (C=N–C) groups is 1. The van der Waals surface area contributed by atoms with Gasteiger partial charge in [0.05, 0.1) is 11.4 Å². The normalized spacial score (nSPS) is 42.5. The van der Waals surface area contributed by atoms with Gasteiger partial charge in [-0.3, -0.25) is 9.55 Å². The lowest BCUT2D eigenvalue weighted by molar-refractivity contribution is -0.159. The first-order valence-electron chi connectivity index (χ1n) is 7.30. The molecule has 0 radical (unpaired) electrons. The minimum absolute atomic E-state index is 0.0218. The molecule has 4 N–H and O–H groups in total. The third kappa shape index (κ3) is 3.55. The first kappa shape index (κ1) is 15.6. The van der Waals surface area contributed by atoms with Gasteiger partial charge in [0.25, 0.3) is 0 Å². The molecule has 4 saturated carbocycles. The second kappa shape index (κ2) is 5.11. The fourth-order valence-electron chi connectivity index (χ4n) is 5.04. The molecule has 4 fully saturated rings. The molecule has 0 aromatic heterocycles. The Hall–Kier alpha value is -0.310. The van der Waals surface area contributed by atoms with Crippen molar-refractivity contribution < 1.29 is 18.1 Å². The SMILES string of the molecule is NC(CSS(=O)(=O)O)=NCC12CC3CC(CC(O)(C3)C1)C2. The van der Waals surface area contributed by atoms with Gasteiger partial charge in [-0.05, 0) is 55.8 Å². The van der Waals surface area contributed by atoms with Crippen molar-refractivity contribution in [3.05, 3.63) is 0 Å². The fourth-order valence-corrected chi connectivity index (χ4v) is 6.21. The lowest BCUT2D eigenvalue weighted by atomic mass is 9.48. The third-order valence-electron chi connectivity index (χ3n) is 5.12. The van der Waals surface area contributed by atoms with Gasteiger partial charge in [0, 0.05) is 17.3 Å². The van der Waals surface area contributed by atoms with Gasteiger partial charge < -0.3 is 10.8 Å². The summed E-state index contributed by atoms with van der Waals surface area (Å²) in [6.07, 6.45) is 6.03. The van der Waals surface area contributed by atoms with Crippen molar-refractivity contribution in [1.82, 2.24) is 0 Å². The zero-order chi connectivity index (χ0) is 15.3. The van der Waals surface area contributed by atoms with Crippen LogP contribution in [-0.2, 0) is 9.15 Å². The minimum Gasteiger partial charge on any atom is -0.390 e. The molecule has 4 bridgehead atoms. The molecule has 4 aliphatic carbocycles. The summed E-state index contributed by atoms with van der Waals surface area (Å²) in [6, 6.07) is 0. The molecule has 2 unspecified atom stereocenters. The molecule has 120 valence electrons. The van der Waals surface area contributed by atoms with Crippen LogP contribution in [0.15, 0.2) is 4.99 Å². The Labute approximate surface area is 128 Å². The number of hydrogen-bond acceptors (Lipinski definition) is 5. The molecule has 21 heavy (non-hydrogen) atoms. The molecule has 0 amide bonds. The molecule has 8 heteroatoms. The van der Waals surface area contributed by atoms with Crippen molar-refractivity contribution in [2.45, 2.75) is 44.1 Å². The van der Waals surface area contributed by atoms with Crippen LogP contribution in [-0.4, -0.2) is 41.8 Å². The highest BCUT2D eigenvalue weighted by molar-refractivity contribution is 8.70. The van der Waals surface area contributed by atoms with E-state index < -0.39 is 14.8 Å². The standard InChI is InChI=1S/C13H22N2O4S2/c14-11(6-20-21(17,18)19)15-8-12-2-9-1-10(3-12)5-13(16,4-9)7-12/h9-10,16H,1-8H2,(H2,14,15)(H,17,18,19). The second-order valence-electron chi connectivity index (χ2n) is 7.18. The van der Waals surface area contributed by atoms with Crippen molar-refractivity contribution >= 4 is 25.8 Å². The smallest absolute Gasteiger partial charge is 0.320 e. The summed E-state index contributed by atoms with van der Waals surface area (Å²) in [4.78, 5) is 4.34. The largest absolute Gasteiger partial charge is 0.390 e. The van der Waals surface area contributed by atoms with Gasteiger partial charge in [0.1, 0.15) is 5.84 Å². The van der Waals surface area contributed by atoms with E-state index in [1.165, 1.54) is 6.42 Å². The van der Waals surface area contributed by atoms with Gasteiger partial charge >= 0.3 is 9.15 Å². The van der Waals surface area contributed by atoms with E-state index in [9.17, 15) is 13.5 Å². The van der Waals surface area contributed by atoms with E-state index in [2.05, 4.69) is 4.99 Å². The highest BCUT2D eigenvalue weighted by Crippen LogP contribution is 2.61. The van der Waals surface area contributed by atoms with Crippen LogP contribution in [0, 0.1) is 17.3 Å². The number of hydrogen-bond donors (Lipinski definition) is 3. The van der Waals surface area contributed by atoms with Crippen LogP contribution in [0.1, 0.15) is 38.5 Å². The summed E-state index contributed by atoms with van der Waals surface area (Å²) in [5.41, 5.74) is 5.25. The molecule has 2 atom stereocenters. The fraction of sp³-hybridized carbons (Fsp3) is 0.923. The Bertz CT molecular complexity index is 547. The van der Waals surface area contributed by atoms with E-state index in [4.69, 9.17) is 10.3 Å². The van der Waals surface area contributed by atoms with Crippen molar-refractivity contribution in [3.8, 4) is 0 Å². The Balaban J connectivity index is 1.65. The van der Waals surface area contributed by atoms with E-state index in [0.717, 1.165) is 32.1 Å².